The number of hydrogen-bond acceptors (Lipinski definition) is 8. The standard InChI is InChI=1S/C24H23N3O4S/c1-14-11-21(28)31-18-12-15(5-6-16(14)18)30-23-22-17-3-2-4-19(17)32-24(22)26-20(25-23)13-27-7-9-29-10-8-27/h5-6,11-12H,2-4,7-10,13H2,1H3. The maximum absolute atomic E-state index is 11.8. The normalized spacial score (nSPS) is 16.7. The number of ether oxygens (including phenoxy) is 2. The molecule has 0 amide bonds. The van der Waals surface area contributed by atoms with Crippen LogP contribution in [-0.4, -0.2) is 41.2 Å². The fraction of sp³-hybridized carbons (Fsp3) is 0.375. The van der Waals surface area contributed by atoms with Crippen molar-refractivity contribution in [2.24, 2.45) is 0 Å². The molecule has 1 fully saturated rings. The molecule has 6 rings (SSSR count). The molecule has 0 spiro atoms. The summed E-state index contributed by atoms with van der Waals surface area (Å²) in [5.74, 6) is 1.95. The van der Waals surface area contributed by atoms with E-state index in [4.69, 9.17) is 23.9 Å². The molecule has 0 atom stereocenters. The number of fused-ring (bicyclic) bond motifs is 4. The van der Waals surface area contributed by atoms with Gasteiger partial charge in [0.25, 0.3) is 0 Å². The van der Waals surface area contributed by atoms with E-state index in [0.717, 1.165) is 72.6 Å². The monoisotopic (exact) mass is 449 g/mol. The molecule has 3 aromatic heterocycles. The van der Waals surface area contributed by atoms with Crippen molar-refractivity contribution in [1.82, 2.24) is 14.9 Å². The van der Waals surface area contributed by atoms with Gasteiger partial charge in [0.15, 0.2) is 0 Å². The first-order chi connectivity index (χ1) is 15.6. The van der Waals surface area contributed by atoms with Gasteiger partial charge < -0.3 is 13.9 Å². The molecule has 1 aliphatic carbocycles. The van der Waals surface area contributed by atoms with Gasteiger partial charge in [-0.05, 0) is 49.4 Å². The van der Waals surface area contributed by atoms with Gasteiger partial charge in [0.05, 0.1) is 25.1 Å². The first-order valence-electron chi connectivity index (χ1n) is 11.0. The number of hydrogen-bond donors (Lipinski definition) is 0. The SMILES string of the molecule is Cc1cc(=O)oc2cc(Oc3nc(CN4CCOCC4)nc4sc5c(c34)CCC5)ccc12. The van der Waals surface area contributed by atoms with Gasteiger partial charge in [-0.2, -0.15) is 4.98 Å². The van der Waals surface area contributed by atoms with E-state index in [1.165, 1.54) is 16.5 Å². The minimum Gasteiger partial charge on any atom is -0.438 e. The van der Waals surface area contributed by atoms with E-state index in [9.17, 15) is 4.79 Å². The summed E-state index contributed by atoms with van der Waals surface area (Å²) in [6.07, 6.45) is 3.28. The van der Waals surface area contributed by atoms with E-state index in [-0.39, 0.29) is 5.63 Å². The molecule has 8 heteroatoms. The highest BCUT2D eigenvalue weighted by Gasteiger charge is 2.24. The van der Waals surface area contributed by atoms with Crippen molar-refractivity contribution in [3.63, 3.8) is 0 Å². The predicted molar refractivity (Wildman–Crippen MR) is 123 cm³/mol. The van der Waals surface area contributed by atoms with Gasteiger partial charge in [-0.25, -0.2) is 9.78 Å². The van der Waals surface area contributed by atoms with Gasteiger partial charge in [-0.1, -0.05) is 0 Å². The number of nitrogens with zero attached hydrogens (tertiary/aromatic N) is 3. The van der Waals surface area contributed by atoms with Crippen molar-refractivity contribution in [2.45, 2.75) is 32.7 Å². The minimum absolute atomic E-state index is 0.361. The molecular weight excluding hydrogens is 426 g/mol. The minimum atomic E-state index is -0.361. The van der Waals surface area contributed by atoms with Gasteiger partial charge in [0.2, 0.25) is 5.88 Å². The number of morpholine rings is 1. The quantitative estimate of drug-likeness (QED) is 0.432. The summed E-state index contributed by atoms with van der Waals surface area (Å²) in [7, 11) is 0. The Morgan fingerprint density at radius 2 is 2.03 bits per heavy atom. The number of thiophene rings is 1. The van der Waals surface area contributed by atoms with E-state index in [0.29, 0.717) is 23.8 Å². The highest BCUT2D eigenvalue weighted by Crippen LogP contribution is 2.41. The third-order valence-corrected chi connectivity index (χ3v) is 7.37. The summed E-state index contributed by atoms with van der Waals surface area (Å²) >= 11 is 1.76. The van der Waals surface area contributed by atoms with Crippen molar-refractivity contribution in [3.8, 4) is 11.6 Å². The number of rotatable bonds is 4. The zero-order valence-electron chi connectivity index (χ0n) is 17.8. The lowest BCUT2D eigenvalue weighted by atomic mass is 10.1. The molecule has 164 valence electrons. The van der Waals surface area contributed by atoms with Crippen LogP contribution in [0.15, 0.2) is 33.5 Å². The second-order valence-electron chi connectivity index (χ2n) is 8.38. The number of aromatic nitrogens is 2. The van der Waals surface area contributed by atoms with E-state index >= 15 is 0 Å². The zero-order valence-corrected chi connectivity index (χ0v) is 18.7. The molecule has 1 aliphatic heterocycles. The molecular formula is C24H23N3O4S. The molecule has 1 aromatic carbocycles. The summed E-state index contributed by atoms with van der Waals surface area (Å²) in [6, 6.07) is 7.10. The Morgan fingerprint density at radius 1 is 1.16 bits per heavy atom. The van der Waals surface area contributed by atoms with E-state index in [2.05, 4.69) is 4.90 Å². The van der Waals surface area contributed by atoms with Crippen LogP contribution in [0.25, 0.3) is 21.2 Å². The third kappa shape index (κ3) is 3.58. The Morgan fingerprint density at radius 3 is 2.91 bits per heavy atom. The molecule has 0 radical (unpaired) electrons. The van der Waals surface area contributed by atoms with Crippen LogP contribution in [0.2, 0.25) is 0 Å². The molecule has 0 bridgehead atoms. The average molecular weight is 450 g/mol. The molecule has 1 saturated heterocycles. The maximum Gasteiger partial charge on any atom is 0.336 e. The molecule has 32 heavy (non-hydrogen) atoms. The summed E-state index contributed by atoms with van der Waals surface area (Å²) in [5, 5.41) is 1.92. The molecule has 0 unspecified atom stereocenters. The Bertz CT molecular complexity index is 1390. The van der Waals surface area contributed by atoms with Crippen molar-refractivity contribution in [1.29, 1.82) is 0 Å². The van der Waals surface area contributed by atoms with E-state index in [1.807, 2.05) is 19.1 Å². The van der Waals surface area contributed by atoms with Crippen molar-refractivity contribution in [2.75, 3.05) is 26.3 Å². The lowest BCUT2D eigenvalue weighted by Gasteiger charge is -2.25. The second kappa shape index (κ2) is 7.95. The molecule has 4 aromatic rings. The largest absolute Gasteiger partial charge is 0.438 e. The molecule has 0 N–H and O–H groups in total. The molecule has 0 saturated carbocycles. The van der Waals surface area contributed by atoms with Crippen LogP contribution >= 0.6 is 11.3 Å². The van der Waals surface area contributed by atoms with Crippen LogP contribution in [0.5, 0.6) is 11.6 Å². The number of benzene rings is 1. The van der Waals surface area contributed by atoms with Gasteiger partial charge in [-0.15, -0.1) is 11.3 Å². The van der Waals surface area contributed by atoms with E-state index in [1.54, 1.807) is 17.4 Å². The van der Waals surface area contributed by atoms with Crippen molar-refractivity contribution >= 4 is 32.5 Å². The molecule has 2 aliphatic rings. The van der Waals surface area contributed by atoms with Gasteiger partial charge in [0.1, 0.15) is 22.0 Å². The first-order valence-corrected chi connectivity index (χ1v) is 11.8. The van der Waals surface area contributed by atoms with Gasteiger partial charge in [0, 0.05) is 35.5 Å². The Labute approximate surface area is 188 Å². The van der Waals surface area contributed by atoms with Crippen molar-refractivity contribution < 1.29 is 13.9 Å². The summed E-state index contributed by atoms with van der Waals surface area (Å²) < 4.78 is 17.2. The smallest absolute Gasteiger partial charge is 0.336 e. The zero-order chi connectivity index (χ0) is 21.7. The number of aryl methyl sites for hydroxylation is 3. The Balaban J connectivity index is 1.42. The summed E-state index contributed by atoms with van der Waals surface area (Å²) in [6.45, 7) is 5.80. The fourth-order valence-corrected chi connectivity index (χ4v) is 5.86. The average Bonchev–Trinajstić information content (AvgIpc) is 3.35. The lowest BCUT2D eigenvalue weighted by Crippen LogP contribution is -2.36. The second-order valence-corrected chi connectivity index (χ2v) is 9.46. The third-order valence-electron chi connectivity index (χ3n) is 6.18. The van der Waals surface area contributed by atoms with Crippen molar-refractivity contribution in [3.05, 3.63) is 56.5 Å². The molecule has 7 nitrogen and oxygen atoms in total. The fourth-order valence-electron chi connectivity index (χ4n) is 4.59. The Hall–Kier alpha value is -2.81. The highest BCUT2D eigenvalue weighted by atomic mass is 32.1. The lowest BCUT2D eigenvalue weighted by molar-refractivity contribution is 0.0330. The van der Waals surface area contributed by atoms with Crippen LogP contribution in [-0.2, 0) is 24.1 Å². The topological polar surface area (TPSA) is 77.7 Å². The van der Waals surface area contributed by atoms with E-state index < -0.39 is 0 Å². The van der Waals surface area contributed by atoms with Crippen LogP contribution in [0.3, 0.4) is 0 Å². The Kier molecular flexibility index (Phi) is 4.93. The highest BCUT2D eigenvalue weighted by molar-refractivity contribution is 7.19. The van der Waals surface area contributed by atoms with Gasteiger partial charge >= 0.3 is 5.63 Å². The first kappa shape index (κ1) is 19.8. The maximum atomic E-state index is 11.8. The van der Waals surface area contributed by atoms with Crippen LogP contribution in [0.4, 0.5) is 0 Å². The van der Waals surface area contributed by atoms with Gasteiger partial charge in [-0.3, -0.25) is 4.90 Å². The summed E-state index contributed by atoms with van der Waals surface area (Å²) in [5.41, 5.74) is 2.36. The molecule has 4 heterocycles. The van der Waals surface area contributed by atoms with Crippen LogP contribution in [0, 0.1) is 6.92 Å². The summed E-state index contributed by atoms with van der Waals surface area (Å²) in [4.78, 5) is 26.3. The predicted octanol–water partition coefficient (Wildman–Crippen LogP) is 4.22. The van der Waals surface area contributed by atoms with Crippen LogP contribution < -0.4 is 10.4 Å². The van der Waals surface area contributed by atoms with Crippen LogP contribution in [0.1, 0.15) is 28.2 Å².